The van der Waals surface area contributed by atoms with Gasteiger partial charge in [0.25, 0.3) is 10.2 Å². The summed E-state index contributed by atoms with van der Waals surface area (Å²) in [7, 11) is -3.38. The first-order chi connectivity index (χ1) is 9.96. The van der Waals surface area contributed by atoms with E-state index in [1.807, 2.05) is 13.8 Å². The van der Waals surface area contributed by atoms with Crippen LogP contribution in [-0.2, 0) is 19.7 Å². The van der Waals surface area contributed by atoms with Crippen LogP contribution in [0.15, 0.2) is 0 Å². The maximum absolute atomic E-state index is 13.0. The number of nitrogens with zero attached hydrogens (tertiary/aromatic N) is 2. The van der Waals surface area contributed by atoms with E-state index < -0.39 is 10.2 Å². The van der Waals surface area contributed by atoms with Crippen molar-refractivity contribution >= 4 is 10.2 Å². The highest BCUT2D eigenvalue weighted by atomic mass is 32.2. The van der Waals surface area contributed by atoms with Gasteiger partial charge >= 0.3 is 0 Å². The highest BCUT2D eigenvalue weighted by molar-refractivity contribution is 7.86. The van der Waals surface area contributed by atoms with Crippen LogP contribution in [-0.4, -0.2) is 68.1 Å². The molecule has 0 aromatic heterocycles. The van der Waals surface area contributed by atoms with Crippen molar-refractivity contribution in [1.29, 1.82) is 0 Å². The standard InChI is InChI=1S/C14H26N2O4S/c1-11-7-15(8-12(2)20-11)21(17,18)16(14-3-4-14)9-13-5-6-19-10-13/h11-14H,3-10H2,1-2H3/t11-,12-,13+/m1/s1. The van der Waals surface area contributed by atoms with Crippen molar-refractivity contribution in [3.63, 3.8) is 0 Å². The van der Waals surface area contributed by atoms with Crippen LogP contribution in [0, 0.1) is 5.92 Å². The molecule has 2 heterocycles. The van der Waals surface area contributed by atoms with Gasteiger partial charge in [-0.3, -0.25) is 0 Å². The second-order valence-electron chi connectivity index (χ2n) is 6.61. The van der Waals surface area contributed by atoms with Gasteiger partial charge in [0.15, 0.2) is 0 Å². The van der Waals surface area contributed by atoms with Gasteiger partial charge in [-0.05, 0) is 39.0 Å². The van der Waals surface area contributed by atoms with E-state index in [4.69, 9.17) is 9.47 Å². The summed E-state index contributed by atoms with van der Waals surface area (Å²) in [4.78, 5) is 0. The van der Waals surface area contributed by atoms with E-state index in [2.05, 4.69) is 0 Å². The minimum Gasteiger partial charge on any atom is -0.381 e. The third-order valence-corrected chi connectivity index (χ3v) is 6.42. The lowest BCUT2D eigenvalue weighted by atomic mass is 10.1. The maximum atomic E-state index is 13.0. The summed E-state index contributed by atoms with van der Waals surface area (Å²) in [5.74, 6) is 0.344. The largest absolute Gasteiger partial charge is 0.381 e. The predicted octanol–water partition coefficient (Wildman–Crippen LogP) is 0.841. The van der Waals surface area contributed by atoms with Crippen LogP contribution < -0.4 is 0 Å². The van der Waals surface area contributed by atoms with E-state index in [1.165, 1.54) is 0 Å². The van der Waals surface area contributed by atoms with Crippen LogP contribution >= 0.6 is 0 Å². The molecule has 0 radical (unpaired) electrons. The Bertz CT molecular complexity index is 450. The van der Waals surface area contributed by atoms with Gasteiger partial charge in [-0.15, -0.1) is 0 Å². The Morgan fingerprint density at radius 2 is 1.81 bits per heavy atom. The molecule has 0 N–H and O–H groups in total. The lowest BCUT2D eigenvalue weighted by molar-refractivity contribution is -0.0456. The molecular weight excluding hydrogens is 292 g/mol. The fourth-order valence-electron chi connectivity index (χ4n) is 3.24. The monoisotopic (exact) mass is 318 g/mol. The summed E-state index contributed by atoms with van der Waals surface area (Å²) in [6.07, 6.45) is 2.86. The predicted molar refractivity (Wildman–Crippen MR) is 79.2 cm³/mol. The zero-order valence-electron chi connectivity index (χ0n) is 12.9. The van der Waals surface area contributed by atoms with E-state index >= 15 is 0 Å². The van der Waals surface area contributed by atoms with Crippen molar-refractivity contribution in [3.05, 3.63) is 0 Å². The molecule has 3 rings (SSSR count). The van der Waals surface area contributed by atoms with Gasteiger partial charge in [-0.25, -0.2) is 0 Å². The van der Waals surface area contributed by atoms with Gasteiger partial charge in [0.2, 0.25) is 0 Å². The van der Waals surface area contributed by atoms with E-state index in [1.54, 1.807) is 8.61 Å². The van der Waals surface area contributed by atoms with Crippen LogP contribution in [0.3, 0.4) is 0 Å². The maximum Gasteiger partial charge on any atom is 0.282 e. The van der Waals surface area contributed by atoms with Crippen molar-refractivity contribution in [2.45, 2.75) is 51.4 Å². The molecule has 0 amide bonds. The molecule has 2 aliphatic heterocycles. The molecule has 2 saturated heterocycles. The lowest BCUT2D eigenvalue weighted by Crippen LogP contribution is -2.54. The number of ether oxygens (including phenoxy) is 2. The molecule has 1 saturated carbocycles. The number of rotatable bonds is 5. The van der Waals surface area contributed by atoms with Gasteiger partial charge < -0.3 is 9.47 Å². The molecule has 21 heavy (non-hydrogen) atoms. The number of morpholine rings is 1. The van der Waals surface area contributed by atoms with Gasteiger partial charge in [0, 0.05) is 32.3 Å². The summed E-state index contributed by atoms with van der Waals surface area (Å²) in [6, 6.07) is 0.198. The summed E-state index contributed by atoms with van der Waals surface area (Å²) in [5, 5.41) is 0. The van der Waals surface area contributed by atoms with Crippen molar-refractivity contribution in [2.75, 3.05) is 32.8 Å². The number of hydrogen-bond donors (Lipinski definition) is 0. The highest BCUT2D eigenvalue weighted by Crippen LogP contribution is 2.33. The van der Waals surface area contributed by atoms with Crippen molar-refractivity contribution in [1.82, 2.24) is 8.61 Å². The van der Waals surface area contributed by atoms with Gasteiger partial charge in [-0.2, -0.15) is 17.0 Å². The first-order valence-electron chi connectivity index (χ1n) is 7.97. The molecule has 0 aromatic rings. The van der Waals surface area contributed by atoms with E-state index in [0.717, 1.165) is 25.9 Å². The molecule has 6 nitrogen and oxygen atoms in total. The third-order valence-electron chi connectivity index (χ3n) is 4.43. The molecule has 0 aromatic carbocycles. The average molecular weight is 318 g/mol. The SMILES string of the molecule is C[C@@H]1CN(S(=O)(=O)N(C[C@@H]2CCOC2)C2CC2)C[C@@H](C)O1. The van der Waals surface area contributed by atoms with Gasteiger partial charge in [-0.1, -0.05) is 0 Å². The van der Waals surface area contributed by atoms with Crippen LogP contribution in [0.1, 0.15) is 33.1 Å². The third kappa shape index (κ3) is 3.59. The Morgan fingerprint density at radius 1 is 1.14 bits per heavy atom. The Hall–Kier alpha value is -0.210. The number of hydrogen-bond acceptors (Lipinski definition) is 4. The first-order valence-corrected chi connectivity index (χ1v) is 9.36. The minimum absolute atomic E-state index is 0.0422. The molecule has 3 aliphatic rings. The highest BCUT2D eigenvalue weighted by Gasteiger charge is 2.43. The quantitative estimate of drug-likeness (QED) is 0.754. The fourth-order valence-corrected chi connectivity index (χ4v) is 5.32. The second kappa shape index (κ2) is 6.12. The smallest absolute Gasteiger partial charge is 0.282 e. The van der Waals surface area contributed by atoms with Gasteiger partial charge in [0.1, 0.15) is 0 Å². The van der Waals surface area contributed by atoms with E-state index in [0.29, 0.717) is 32.2 Å². The molecule has 3 atom stereocenters. The van der Waals surface area contributed by atoms with Crippen molar-refractivity contribution in [3.8, 4) is 0 Å². The molecule has 1 aliphatic carbocycles. The van der Waals surface area contributed by atoms with E-state index in [-0.39, 0.29) is 18.2 Å². The van der Waals surface area contributed by atoms with E-state index in [9.17, 15) is 8.42 Å². The van der Waals surface area contributed by atoms with Crippen LogP contribution in [0.5, 0.6) is 0 Å². The molecule has 122 valence electrons. The van der Waals surface area contributed by atoms with Crippen LogP contribution in [0.4, 0.5) is 0 Å². The van der Waals surface area contributed by atoms with Gasteiger partial charge in [0.05, 0.1) is 18.8 Å². The zero-order valence-corrected chi connectivity index (χ0v) is 13.7. The molecule has 3 fully saturated rings. The average Bonchev–Trinajstić information content (AvgIpc) is 3.11. The normalized spacial score (nSPS) is 35.5. The summed E-state index contributed by atoms with van der Waals surface area (Å²) >= 11 is 0. The Labute approximate surface area is 127 Å². The zero-order chi connectivity index (χ0) is 15.0. The summed E-state index contributed by atoms with van der Waals surface area (Å²) < 4.78 is 40.4. The lowest BCUT2D eigenvalue weighted by Gasteiger charge is -2.38. The fraction of sp³-hybridized carbons (Fsp3) is 1.00. The summed E-state index contributed by atoms with van der Waals surface area (Å²) in [5.41, 5.74) is 0. The van der Waals surface area contributed by atoms with Crippen LogP contribution in [0.25, 0.3) is 0 Å². The van der Waals surface area contributed by atoms with Crippen molar-refractivity contribution in [2.24, 2.45) is 5.92 Å². The molecule has 7 heteroatoms. The molecule has 0 spiro atoms. The summed E-state index contributed by atoms with van der Waals surface area (Å²) in [6.45, 7) is 6.83. The Morgan fingerprint density at radius 3 is 2.33 bits per heavy atom. The Kier molecular flexibility index (Phi) is 4.57. The minimum atomic E-state index is -3.38. The second-order valence-corrected chi connectivity index (χ2v) is 8.49. The molecular formula is C14H26N2O4S. The molecule has 0 unspecified atom stereocenters. The first kappa shape index (κ1) is 15.7. The van der Waals surface area contributed by atoms with Crippen LogP contribution in [0.2, 0.25) is 0 Å². The Balaban J connectivity index is 1.73. The van der Waals surface area contributed by atoms with Crippen molar-refractivity contribution < 1.29 is 17.9 Å². The molecule has 0 bridgehead atoms. The topological polar surface area (TPSA) is 59.1 Å².